The largest absolute Gasteiger partial charge is 0.240 e. The van der Waals surface area contributed by atoms with E-state index in [1.165, 1.54) is 6.26 Å². The number of nitrogens with zero attached hydrogens (tertiary/aromatic N) is 1. The number of pyridine rings is 1. The predicted molar refractivity (Wildman–Crippen MR) is 78.4 cm³/mol. The van der Waals surface area contributed by atoms with Gasteiger partial charge in [-0.3, -0.25) is 0 Å². The highest BCUT2D eigenvalue weighted by Gasteiger charge is 2.06. The van der Waals surface area contributed by atoms with Crippen LogP contribution in [0.2, 0.25) is 5.15 Å². The van der Waals surface area contributed by atoms with E-state index in [0.29, 0.717) is 15.8 Å². The summed E-state index contributed by atoms with van der Waals surface area (Å²) in [6.07, 6.45) is 1.20. The lowest BCUT2D eigenvalue weighted by Gasteiger charge is -2.03. The zero-order chi connectivity index (χ0) is 13.9. The number of sulfone groups is 1. The molecular weight excluding hydrogens is 302 g/mol. The highest BCUT2D eigenvalue weighted by Crippen LogP contribution is 2.23. The molecule has 19 heavy (non-hydrogen) atoms. The van der Waals surface area contributed by atoms with Gasteiger partial charge in [-0.15, -0.1) is 11.8 Å². The molecule has 0 amide bonds. The topological polar surface area (TPSA) is 47.0 Å². The third-order valence-corrected chi connectivity index (χ3v) is 4.80. The molecule has 0 aliphatic rings. The standard InChI is InChI=1S/C13H12ClNO2S2/c1-19(16,17)12-7-5-11(6-8-12)18-9-10-3-2-4-13(14)15-10/h2-8H,9H2,1H3. The van der Waals surface area contributed by atoms with Crippen LogP contribution in [0.1, 0.15) is 5.69 Å². The van der Waals surface area contributed by atoms with Crippen LogP contribution >= 0.6 is 23.4 Å². The average molecular weight is 314 g/mol. The monoisotopic (exact) mass is 313 g/mol. The van der Waals surface area contributed by atoms with Crippen molar-refractivity contribution in [2.45, 2.75) is 15.5 Å². The van der Waals surface area contributed by atoms with Gasteiger partial charge >= 0.3 is 0 Å². The fourth-order valence-corrected chi connectivity index (χ4v) is 3.09. The minimum Gasteiger partial charge on any atom is -0.240 e. The van der Waals surface area contributed by atoms with Crippen LogP contribution in [0, 0.1) is 0 Å². The van der Waals surface area contributed by atoms with E-state index in [0.717, 1.165) is 10.6 Å². The van der Waals surface area contributed by atoms with E-state index in [4.69, 9.17) is 11.6 Å². The van der Waals surface area contributed by atoms with Crippen LogP contribution in [-0.4, -0.2) is 19.7 Å². The number of aromatic nitrogens is 1. The lowest BCUT2D eigenvalue weighted by atomic mass is 10.4. The molecule has 0 aliphatic carbocycles. The minimum atomic E-state index is -3.13. The van der Waals surface area contributed by atoms with Gasteiger partial charge in [0, 0.05) is 16.9 Å². The third-order valence-electron chi connectivity index (χ3n) is 2.41. The number of benzene rings is 1. The van der Waals surface area contributed by atoms with E-state index >= 15 is 0 Å². The van der Waals surface area contributed by atoms with Crippen LogP contribution in [0.25, 0.3) is 0 Å². The van der Waals surface area contributed by atoms with Gasteiger partial charge in [-0.2, -0.15) is 0 Å². The Kier molecular flexibility index (Phi) is 4.50. The molecule has 0 bridgehead atoms. The summed E-state index contributed by atoms with van der Waals surface area (Å²) in [7, 11) is -3.13. The van der Waals surface area contributed by atoms with Crippen molar-refractivity contribution in [1.82, 2.24) is 4.98 Å². The first-order chi connectivity index (χ1) is 8.95. The molecule has 0 saturated heterocycles. The van der Waals surface area contributed by atoms with E-state index in [1.807, 2.05) is 12.1 Å². The maximum absolute atomic E-state index is 11.3. The van der Waals surface area contributed by atoms with Gasteiger partial charge in [-0.1, -0.05) is 17.7 Å². The lowest BCUT2D eigenvalue weighted by molar-refractivity contribution is 0.602. The maximum Gasteiger partial charge on any atom is 0.175 e. The molecule has 0 saturated carbocycles. The van der Waals surface area contributed by atoms with Crippen LogP contribution in [0.15, 0.2) is 52.3 Å². The van der Waals surface area contributed by atoms with Crippen LogP contribution in [0.5, 0.6) is 0 Å². The average Bonchev–Trinajstić information content (AvgIpc) is 2.36. The fraction of sp³-hybridized carbons (Fsp3) is 0.154. The molecule has 1 heterocycles. The Morgan fingerprint density at radius 1 is 1.16 bits per heavy atom. The molecule has 0 spiro atoms. The van der Waals surface area contributed by atoms with Gasteiger partial charge in [-0.05, 0) is 36.4 Å². The first-order valence-electron chi connectivity index (χ1n) is 5.49. The van der Waals surface area contributed by atoms with Crippen LogP contribution in [-0.2, 0) is 15.6 Å². The van der Waals surface area contributed by atoms with E-state index < -0.39 is 9.84 Å². The zero-order valence-electron chi connectivity index (χ0n) is 10.2. The lowest BCUT2D eigenvalue weighted by Crippen LogP contribution is -1.96. The van der Waals surface area contributed by atoms with Gasteiger partial charge in [0.05, 0.1) is 10.6 Å². The molecule has 100 valence electrons. The molecule has 0 N–H and O–H groups in total. The molecule has 0 radical (unpaired) electrons. The van der Waals surface area contributed by atoms with E-state index in [9.17, 15) is 8.42 Å². The van der Waals surface area contributed by atoms with Crippen molar-refractivity contribution in [1.29, 1.82) is 0 Å². The molecule has 2 aromatic rings. The molecular formula is C13H12ClNO2S2. The van der Waals surface area contributed by atoms with Gasteiger partial charge < -0.3 is 0 Å². The normalized spacial score (nSPS) is 11.5. The van der Waals surface area contributed by atoms with E-state index in [1.54, 1.807) is 42.1 Å². The molecule has 0 atom stereocenters. The van der Waals surface area contributed by atoms with Crippen molar-refractivity contribution < 1.29 is 8.42 Å². The van der Waals surface area contributed by atoms with Crippen LogP contribution < -0.4 is 0 Å². The summed E-state index contributed by atoms with van der Waals surface area (Å²) in [4.78, 5) is 5.52. The number of halogens is 1. The maximum atomic E-state index is 11.3. The zero-order valence-corrected chi connectivity index (χ0v) is 12.6. The Bertz CT molecular complexity index is 669. The number of hydrogen-bond donors (Lipinski definition) is 0. The van der Waals surface area contributed by atoms with Crippen LogP contribution in [0.3, 0.4) is 0 Å². The SMILES string of the molecule is CS(=O)(=O)c1ccc(SCc2cccc(Cl)n2)cc1. The number of rotatable bonds is 4. The molecule has 1 aromatic carbocycles. The summed E-state index contributed by atoms with van der Waals surface area (Å²) < 4.78 is 22.7. The Morgan fingerprint density at radius 2 is 1.84 bits per heavy atom. The van der Waals surface area contributed by atoms with Crippen LogP contribution in [0.4, 0.5) is 0 Å². The Morgan fingerprint density at radius 3 is 2.42 bits per heavy atom. The van der Waals surface area contributed by atoms with Crippen molar-refractivity contribution in [2.75, 3.05) is 6.26 Å². The molecule has 3 nitrogen and oxygen atoms in total. The van der Waals surface area contributed by atoms with Crippen molar-refractivity contribution in [3.8, 4) is 0 Å². The molecule has 0 aliphatic heterocycles. The van der Waals surface area contributed by atoms with Gasteiger partial charge in [0.2, 0.25) is 0 Å². The van der Waals surface area contributed by atoms with Gasteiger partial charge in [0.15, 0.2) is 9.84 Å². The summed E-state index contributed by atoms with van der Waals surface area (Å²) in [5, 5.41) is 0.477. The summed E-state index contributed by atoms with van der Waals surface area (Å²) in [5.41, 5.74) is 0.893. The van der Waals surface area contributed by atoms with Gasteiger partial charge in [-0.25, -0.2) is 13.4 Å². The fourth-order valence-electron chi connectivity index (χ4n) is 1.47. The van der Waals surface area contributed by atoms with Crippen molar-refractivity contribution in [3.05, 3.63) is 53.3 Å². The Hall–Kier alpha value is -1.04. The molecule has 2 rings (SSSR count). The third kappa shape index (κ3) is 4.23. The first-order valence-corrected chi connectivity index (χ1v) is 8.75. The van der Waals surface area contributed by atoms with Crippen molar-refractivity contribution in [3.63, 3.8) is 0 Å². The van der Waals surface area contributed by atoms with Crippen molar-refractivity contribution in [2.24, 2.45) is 0 Å². The predicted octanol–water partition coefficient (Wildman–Crippen LogP) is 3.43. The summed E-state index contributed by atoms with van der Waals surface area (Å²) in [5.74, 6) is 0.693. The quantitative estimate of drug-likeness (QED) is 0.641. The Labute approximate surface area is 121 Å². The summed E-state index contributed by atoms with van der Waals surface area (Å²) in [6, 6.07) is 12.3. The summed E-state index contributed by atoms with van der Waals surface area (Å²) >= 11 is 7.40. The highest BCUT2D eigenvalue weighted by atomic mass is 35.5. The number of thioether (sulfide) groups is 1. The smallest absolute Gasteiger partial charge is 0.175 e. The molecule has 0 unspecified atom stereocenters. The minimum absolute atomic E-state index is 0.331. The molecule has 1 aromatic heterocycles. The second-order valence-electron chi connectivity index (χ2n) is 3.98. The van der Waals surface area contributed by atoms with Gasteiger partial charge in [0.1, 0.15) is 5.15 Å². The second-order valence-corrected chi connectivity index (χ2v) is 7.44. The Balaban J connectivity index is 2.05. The second kappa shape index (κ2) is 5.94. The summed E-state index contributed by atoms with van der Waals surface area (Å²) in [6.45, 7) is 0. The van der Waals surface area contributed by atoms with E-state index in [2.05, 4.69) is 4.98 Å². The number of hydrogen-bond acceptors (Lipinski definition) is 4. The van der Waals surface area contributed by atoms with Crippen molar-refractivity contribution >= 4 is 33.2 Å². The molecule has 0 fully saturated rings. The highest BCUT2D eigenvalue weighted by molar-refractivity contribution is 7.98. The van der Waals surface area contributed by atoms with E-state index in [-0.39, 0.29) is 0 Å². The molecule has 6 heteroatoms. The van der Waals surface area contributed by atoms with Gasteiger partial charge in [0.25, 0.3) is 0 Å². The first kappa shape index (κ1) is 14.4.